The normalized spacial score (nSPS) is 11.5. The van der Waals surface area contributed by atoms with Crippen molar-refractivity contribution in [2.24, 2.45) is 4.99 Å². The lowest BCUT2D eigenvalue weighted by atomic mass is 10.2. The average molecular weight is 351 g/mol. The quantitative estimate of drug-likeness (QED) is 0.594. The zero-order valence-electron chi connectivity index (χ0n) is 13.8. The third-order valence-electron chi connectivity index (χ3n) is 3.31. The second-order valence-corrected chi connectivity index (χ2v) is 5.26. The Balaban J connectivity index is 1.85. The van der Waals surface area contributed by atoms with Gasteiger partial charge >= 0.3 is 0 Å². The van der Waals surface area contributed by atoms with E-state index in [0.717, 1.165) is 11.1 Å². The van der Waals surface area contributed by atoms with E-state index in [0.29, 0.717) is 24.8 Å². The summed E-state index contributed by atoms with van der Waals surface area (Å²) in [5, 5.41) is 6.18. The third-order valence-corrected chi connectivity index (χ3v) is 3.31. The van der Waals surface area contributed by atoms with Crippen molar-refractivity contribution in [3.05, 3.63) is 65.5 Å². The van der Waals surface area contributed by atoms with Gasteiger partial charge in [-0.25, -0.2) is 13.2 Å². The van der Waals surface area contributed by atoms with Crippen molar-refractivity contribution >= 4 is 5.96 Å². The highest BCUT2D eigenvalue weighted by Gasteiger charge is 2.05. The monoisotopic (exact) mass is 351 g/mol. The zero-order chi connectivity index (χ0) is 18.1. The van der Waals surface area contributed by atoms with Crippen LogP contribution in [-0.2, 0) is 13.1 Å². The lowest BCUT2D eigenvalue weighted by molar-refractivity contribution is 0.0818. The summed E-state index contributed by atoms with van der Waals surface area (Å²) in [5.41, 5.74) is 1.66. The van der Waals surface area contributed by atoms with Gasteiger partial charge in [0.2, 0.25) is 0 Å². The maximum absolute atomic E-state index is 13.2. The van der Waals surface area contributed by atoms with Crippen LogP contribution in [0.4, 0.5) is 13.2 Å². The fourth-order valence-electron chi connectivity index (χ4n) is 2.14. The SMILES string of the molecule is CN=C(NCc1cccc(F)c1)NCc1cccc(OCC(F)F)c1. The van der Waals surface area contributed by atoms with E-state index in [1.165, 1.54) is 12.1 Å². The molecule has 7 heteroatoms. The molecule has 0 unspecified atom stereocenters. The molecule has 0 fully saturated rings. The largest absolute Gasteiger partial charge is 0.488 e. The molecular formula is C18H20F3N3O. The van der Waals surface area contributed by atoms with Crippen molar-refractivity contribution in [1.82, 2.24) is 10.6 Å². The van der Waals surface area contributed by atoms with Crippen LogP contribution in [0, 0.1) is 5.82 Å². The highest BCUT2D eigenvalue weighted by atomic mass is 19.3. The second-order valence-electron chi connectivity index (χ2n) is 5.26. The Morgan fingerprint density at radius 2 is 1.68 bits per heavy atom. The third kappa shape index (κ3) is 6.74. The van der Waals surface area contributed by atoms with Crippen LogP contribution in [-0.4, -0.2) is 26.0 Å². The van der Waals surface area contributed by atoms with Crippen LogP contribution >= 0.6 is 0 Å². The summed E-state index contributed by atoms with van der Waals surface area (Å²) in [6.45, 7) is 0.234. The molecule has 0 aliphatic rings. The van der Waals surface area contributed by atoms with Crippen LogP contribution < -0.4 is 15.4 Å². The number of alkyl halides is 2. The molecule has 0 heterocycles. The number of ether oxygens (including phenoxy) is 1. The van der Waals surface area contributed by atoms with Gasteiger partial charge < -0.3 is 15.4 Å². The molecule has 2 aromatic rings. The summed E-state index contributed by atoms with van der Waals surface area (Å²) in [4.78, 5) is 4.09. The molecule has 25 heavy (non-hydrogen) atoms. The van der Waals surface area contributed by atoms with Crippen molar-refractivity contribution in [2.75, 3.05) is 13.7 Å². The van der Waals surface area contributed by atoms with Gasteiger partial charge in [-0.05, 0) is 35.4 Å². The summed E-state index contributed by atoms with van der Waals surface area (Å²) in [5.74, 6) is 0.647. The van der Waals surface area contributed by atoms with Gasteiger partial charge in [-0.15, -0.1) is 0 Å². The number of hydrogen-bond donors (Lipinski definition) is 2. The molecule has 0 bridgehead atoms. The minimum absolute atomic E-state index is 0.289. The maximum atomic E-state index is 13.2. The molecular weight excluding hydrogens is 331 g/mol. The summed E-state index contributed by atoms with van der Waals surface area (Å²) in [7, 11) is 1.63. The van der Waals surface area contributed by atoms with Crippen molar-refractivity contribution in [2.45, 2.75) is 19.5 Å². The van der Waals surface area contributed by atoms with E-state index in [1.807, 2.05) is 12.1 Å². The Morgan fingerprint density at radius 3 is 2.28 bits per heavy atom. The highest BCUT2D eigenvalue weighted by Crippen LogP contribution is 2.14. The molecule has 0 spiro atoms. The van der Waals surface area contributed by atoms with Gasteiger partial charge in [-0.1, -0.05) is 24.3 Å². The molecule has 0 saturated carbocycles. The maximum Gasteiger partial charge on any atom is 0.272 e. The number of guanidine groups is 1. The lowest BCUT2D eigenvalue weighted by Gasteiger charge is -2.13. The summed E-state index contributed by atoms with van der Waals surface area (Å²) in [6, 6.07) is 13.2. The number of nitrogens with zero attached hydrogens (tertiary/aromatic N) is 1. The minimum Gasteiger partial charge on any atom is -0.488 e. The Kier molecular flexibility index (Phi) is 7.13. The van der Waals surface area contributed by atoms with E-state index in [1.54, 1.807) is 31.3 Å². The van der Waals surface area contributed by atoms with E-state index < -0.39 is 13.0 Å². The molecule has 0 aliphatic heterocycles. The molecule has 0 aliphatic carbocycles. The van der Waals surface area contributed by atoms with Crippen LogP contribution in [0.1, 0.15) is 11.1 Å². The summed E-state index contributed by atoms with van der Waals surface area (Å²) in [6.07, 6.45) is -2.51. The number of nitrogens with one attached hydrogen (secondary N) is 2. The molecule has 0 atom stereocenters. The van der Waals surface area contributed by atoms with Crippen LogP contribution in [0.25, 0.3) is 0 Å². The van der Waals surface area contributed by atoms with Gasteiger partial charge in [0, 0.05) is 20.1 Å². The predicted molar refractivity (Wildman–Crippen MR) is 91.4 cm³/mol. The minimum atomic E-state index is -2.51. The molecule has 2 N–H and O–H groups in total. The first-order valence-electron chi connectivity index (χ1n) is 7.75. The first-order valence-corrected chi connectivity index (χ1v) is 7.75. The Labute approximate surface area is 144 Å². The van der Waals surface area contributed by atoms with Crippen LogP contribution in [0.2, 0.25) is 0 Å². The van der Waals surface area contributed by atoms with Gasteiger partial charge in [0.1, 0.15) is 18.2 Å². The molecule has 2 aromatic carbocycles. The molecule has 0 aromatic heterocycles. The van der Waals surface area contributed by atoms with Crippen molar-refractivity contribution < 1.29 is 17.9 Å². The molecule has 0 amide bonds. The fraction of sp³-hybridized carbons (Fsp3) is 0.278. The van der Waals surface area contributed by atoms with Crippen molar-refractivity contribution in [1.29, 1.82) is 0 Å². The first kappa shape index (κ1) is 18.6. The van der Waals surface area contributed by atoms with Gasteiger partial charge in [-0.2, -0.15) is 0 Å². The van der Waals surface area contributed by atoms with Gasteiger partial charge in [0.05, 0.1) is 0 Å². The van der Waals surface area contributed by atoms with Gasteiger partial charge in [0.25, 0.3) is 6.43 Å². The van der Waals surface area contributed by atoms with E-state index in [-0.39, 0.29) is 5.82 Å². The van der Waals surface area contributed by atoms with Gasteiger partial charge in [-0.3, -0.25) is 4.99 Å². The zero-order valence-corrected chi connectivity index (χ0v) is 13.8. The smallest absolute Gasteiger partial charge is 0.272 e. The fourth-order valence-corrected chi connectivity index (χ4v) is 2.14. The molecule has 4 nitrogen and oxygen atoms in total. The summed E-state index contributed by atoms with van der Waals surface area (Å²) < 4.78 is 42.5. The highest BCUT2D eigenvalue weighted by molar-refractivity contribution is 5.79. The van der Waals surface area contributed by atoms with E-state index >= 15 is 0 Å². The van der Waals surface area contributed by atoms with E-state index in [4.69, 9.17) is 4.74 Å². The Hall–Kier alpha value is -2.70. The molecule has 2 rings (SSSR count). The van der Waals surface area contributed by atoms with Crippen molar-refractivity contribution in [3.63, 3.8) is 0 Å². The van der Waals surface area contributed by atoms with E-state index in [2.05, 4.69) is 15.6 Å². The van der Waals surface area contributed by atoms with Gasteiger partial charge in [0.15, 0.2) is 5.96 Å². The Morgan fingerprint density at radius 1 is 1.04 bits per heavy atom. The molecule has 134 valence electrons. The molecule has 0 radical (unpaired) electrons. The first-order chi connectivity index (χ1) is 12.1. The topological polar surface area (TPSA) is 45.7 Å². The Bertz CT molecular complexity index is 707. The number of aliphatic imine (C=N–C) groups is 1. The number of hydrogen-bond acceptors (Lipinski definition) is 2. The second kappa shape index (κ2) is 9.56. The number of rotatable bonds is 7. The number of halogens is 3. The number of benzene rings is 2. The predicted octanol–water partition coefficient (Wildman–Crippen LogP) is 3.33. The van der Waals surface area contributed by atoms with Crippen LogP contribution in [0.15, 0.2) is 53.5 Å². The standard InChI is InChI=1S/C18H20F3N3O/c1-22-18(23-10-13-4-2-6-15(19)8-13)24-11-14-5-3-7-16(9-14)25-12-17(20)21/h2-9,17H,10-12H2,1H3,(H2,22,23,24). The lowest BCUT2D eigenvalue weighted by Crippen LogP contribution is -2.36. The average Bonchev–Trinajstić information content (AvgIpc) is 2.60. The summed E-state index contributed by atoms with van der Waals surface area (Å²) >= 11 is 0. The van der Waals surface area contributed by atoms with Crippen molar-refractivity contribution in [3.8, 4) is 5.75 Å². The van der Waals surface area contributed by atoms with E-state index in [9.17, 15) is 13.2 Å². The molecule has 0 saturated heterocycles. The van der Waals surface area contributed by atoms with Crippen LogP contribution in [0.3, 0.4) is 0 Å². The van der Waals surface area contributed by atoms with Crippen LogP contribution in [0.5, 0.6) is 5.75 Å².